The minimum absolute atomic E-state index is 0.0151. The Bertz CT molecular complexity index is 472. The lowest BCUT2D eigenvalue weighted by Gasteiger charge is -2.21. The number of benzene rings is 1. The number of anilines is 1. The summed E-state index contributed by atoms with van der Waals surface area (Å²) in [4.78, 5) is 12.0. The average molecular weight is 262 g/mol. The van der Waals surface area contributed by atoms with Gasteiger partial charge in [-0.3, -0.25) is 4.79 Å². The van der Waals surface area contributed by atoms with E-state index in [1.807, 2.05) is 12.1 Å². The maximum absolute atomic E-state index is 12.0. The number of carbonyl (C=O) groups excluding carboxylic acids is 1. The molecule has 3 N–H and O–H groups in total. The topological polar surface area (TPSA) is 61.4 Å². The Hall–Kier alpha value is -1.55. The van der Waals surface area contributed by atoms with Gasteiger partial charge in [0.2, 0.25) is 5.91 Å². The summed E-state index contributed by atoms with van der Waals surface area (Å²) < 4.78 is 0. The monoisotopic (exact) mass is 262 g/mol. The Balaban J connectivity index is 2.17. The molecule has 0 saturated carbocycles. The van der Waals surface area contributed by atoms with Crippen LogP contribution in [0.25, 0.3) is 0 Å². The molecule has 1 fully saturated rings. The first kappa shape index (κ1) is 13.9. The summed E-state index contributed by atoms with van der Waals surface area (Å²) in [6.07, 6.45) is 1.87. The van der Waals surface area contributed by atoms with E-state index in [0.717, 1.165) is 24.9 Å². The highest BCUT2D eigenvalue weighted by Crippen LogP contribution is 2.30. The summed E-state index contributed by atoms with van der Waals surface area (Å²) in [6, 6.07) is 5.23. The smallest absolute Gasteiger partial charge is 0.241 e. The van der Waals surface area contributed by atoms with Crippen molar-refractivity contribution in [2.75, 3.05) is 11.9 Å². The fourth-order valence-corrected chi connectivity index (χ4v) is 2.23. The predicted octanol–water partition coefficient (Wildman–Crippen LogP) is 2.38. The molecule has 0 spiro atoms. The number of amides is 1. The predicted molar refractivity (Wildman–Crippen MR) is 76.5 cm³/mol. The van der Waals surface area contributed by atoms with Crippen LogP contribution in [0.15, 0.2) is 18.2 Å². The zero-order chi connectivity index (χ0) is 14.0. The highest BCUT2D eigenvalue weighted by molar-refractivity contribution is 5.96. The molecule has 0 radical (unpaired) electrons. The second-order valence-corrected chi connectivity index (χ2v) is 6.12. The third-order valence-electron chi connectivity index (χ3n) is 3.50. The Morgan fingerprint density at radius 3 is 2.74 bits per heavy atom. The number of aromatic hydroxyl groups is 1. The van der Waals surface area contributed by atoms with Crippen LogP contribution in [-0.2, 0) is 10.2 Å². The Labute approximate surface area is 114 Å². The highest BCUT2D eigenvalue weighted by atomic mass is 16.3. The van der Waals surface area contributed by atoms with Crippen molar-refractivity contribution in [2.24, 2.45) is 0 Å². The van der Waals surface area contributed by atoms with Gasteiger partial charge in [-0.05, 0) is 42.5 Å². The lowest BCUT2D eigenvalue weighted by atomic mass is 9.87. The molecule has 0 bridgehead atoms. The molecule has 4 heteroatoms. The quantitative estimate of drug-likeness (QED) is 0.717. The number of phenols is 1. The molecule has 104 valence electrons. The Morgan fingerprint density at radius 2 is 2.16 bits per heavy atom. The molecule has 0 aromatic heterocycles. The molecule has 19 heavy (non-hydrogen) atoms. The third-order valence-corrected chi connectivity index (χ3v) is 3.50. The third kappa shape index (κ3) is 3.26. The van der Waals surface area contributed by atoms with Gasteiger partial charge in [0, 0.05) is 0 Å². The number of carbonyl (C=O) groups is 1. The Kier molecular flexibility index (Phi) is 3.80. The fourth-order valence-electron chi connectivity index (χ4n) is 2.23. The van der Waals surface area contributed by atoms with Gasteiger partial charge in [-0.25, -0.2) is 0 Å². The van der Waals surface area contributed by atoms with E-state index in [1.54, 1.807) is 6.07 Å². The summed E-state index contributed by atoms with van der Waals surface area (Å²) in [5.41, 5.74) is 1.56. The molecule has 1 atom stereocenters. The van der Waals surface area contributed by atoms with Crippen LogP contribution in [0, 0.1) is 0 Å². The summed E-state index contributed by atoms with van der Waals surface area (Å²) in [7, 11) is 0. The van der Waals surface area contributed by atoms with Crippen molar-refractivity contribution in [1.82, 2.24) is 5.32 Å². The van der Waals surface area contributed by atoms with E-state index in [-0.39, 0.29) is 23.1 Å². The number of phenolic OH excluding ortho intramolecular Hbond substituents is 1. The van der Waals surface area contributed by atoms with Gasteiger partial charge in [-0.15, -0.1) is 0 Å². The number of nitrogens with one attached hydrogen (secondary N) is 2. The van der Waals surface area contributed by atoms with Crippen molar-refractivity contribution in [3.05, 3.63) is 23.8 Å². The van der Waals surface area contributed by atoms with Crippen LogP contribution in [0.5, 0.6) is 5.75 Å². The van der Waals surface area contributed by atoms with Gasteiger partial charge in [0.25, 0.3) is 0 Å². The van der Waals surface area contributed by atoms with Gasteiger partial charge in [-0.2, -0.15) is 0 Å². The number of hydrogen-bond acceptors (Lipinski definition) is 3. The van der Waals surface area contributed by atoms with Crippen molar-refractivity contribution < 1.29 is 9.90 Å². The van der Waals surface area contributed by atoms with Gasteiger partial charge >= 0.3 is 0 Å². The average Bonchev–Trinajstić information content (AvgIpc) is 2.84. The van der Waals surface area contributed by atoms with E-state index < -0.39 is 0 Å². The van der Waals surface area contributed by atoms with Crippen LogP contribution in [0.2, 0.25) is 0 Å². The fraction of sp³-hybridized carbons (Fsp3) is 0.533. The van der Waals surface area contributed by atoms with E-state index in [1.165, 1.54) is 0 Å². The van der Waals surface area contributed by atoms with Crippen LogP contribution >= 0.6 is 0 Å². The van der Waals surface area contributed by atoms with E-state index in [4.69, 9.17) is 0 Å². The lowest BCUT2D eigenvalue weighted by molar-refractivity contribution is -0.117. The van der Waals surface area contributed by atoms with Crippen molar-refractivity contribution in [1.29, 1.82) is 0 Å². The van der Waals surface area contributed by atoms with Gasteiger partial charge in [0.05, 0.1) is 11.7 Å². The summed E-state index contributed by atoms with van der Waals surface area (Å²) in [5.74, 6) is 0.0400. The van der Waals surface area contributed by atoms with E-state index in [0.29, 0.717) is 5.69 Å². The summed E-state index contributed by atoms with van der Waals surface area (Å²) >= 11 is 0. The normalized spacial score (nSPS) is 19.4. The lowest BCUT2D eigenvalue weighted by Crippen LogP contribution is -2.35. The first-order valence-electron chi connectivity index (χ1n) is 6.75. The van der Waals surface area contributed by atoms with E-state index in [9.17, 15) is 9.90 Å². The zero-order valence-electron chi connectivity index (χ0n) is 11.8. The van der Waals surface area contributed by atoms with Gasteiger partial charge in [0.15, 0.2) is 0 Å². The van der Waals surface area contributed by atoms with Gasteiger partial charge in [-0.1, -0.05) is 26.8 Å². The molecule has 1 saturated heterocycles. The van der Waals surface area contributed by atoms with Crippen molar-refractivity contribution in [3.63, 3.8) is 0 Å². The molecule has 1 aromatic rings. The van der Waals surface area contributed by atoms with Crippen LogP contribution in [0.3, 0.4) is 0 Å². The van der Waals surface area contributed by atoms with Crippen LogP contribution in [-0.4, -0.2) is 23.6 Å². The molecule has 1 aliphatic heterocycles. The largest absolute Gasteiger partial charge is 0.506 e. The van der Waals surface area contributed by atoms with Gasteiger partial charge < -0.3 is 15.7 Å². The molecule has 2 rings (SSSR count). The second kappa shape index (κ2) is 5.21. The minimum Gasteiger partial charge on any atom is -0.506 e. The molecule has 1 heterocycles. The second-order valence-electron chi connectivity index (χ2n) is 6.12. The molecule has 0 aliphatic carbocycles. The first-order valence-corrected chi connectivity index (χ1v) is 6.75. The maximum Gasteiger partial charge on any atom is 0.241 e. The van der Waals surface area contributed by atoms with Crippen molar-refractivity contribution in [3.8, 4) is 5.75 Å². The van der Waals surface area contributed by atoms with Crippen LogP contribution in [0.4, 0.5) is 5.69 Å². The maximum atomic E-state index is 12.0. The zero-order valence-corrected chi connectivity index (χ0v) is 11.8. The molecule has 1 unspecified atom stereocenters. The molecule has 1 amide bonds. The summed E-state index contributed by atoms with van der Waals surface area (Å²) in [6.45, 7) is 7.18. The Morgan fingerprint density at radius 1 is 1.42 bits per heavy atom. The highest BCUT2D eigenvalue weighted by Gasteiger charge is 2.23. The molecular formula is C15H22N2O2. The minimum atomic E-state index is -0.141. The number of hydrogen-bond donors (Lipinski definition) is 3. The standard InChI is InChI=1S/C15H22N2O2/c1-15(2,3)10-6-7-13(18)12(9-10)17-14(19)11-5-4-8-16-11/h6-7,9,11,16,18H,4-5,8H2,1-3H3,(H,17,19). The van der Waals surface area contributed by atoms with Crippen LogP contribution in [0.1, 0.15) is 39.2 Å². The van der Waals surface area contributed by atoms with Crippen LogP contribution < -0.4 is 10.6 Å². The SMILES string of the molecule is CC(C)(C)c1ccc(O)c(NC(=O)C2CCCN2)c1. The van der Waals surface area contributed by atoms with Gasteiger partial charge in [0.1, 0.15) is 5.75 Å². The molecular weight excluding hydrogens is 240 g/mol. The summed E-state index contributed by atoms with van der Waals surface area (Å²) in [5, 5.41) is 15.8. The molecule has 1 aliphatic rings. The molecule has 1 aromatic carbocycles. The van der Waals surface area contributed by atoms with E-state index >= 15 is 0 Å². The van der Waals surface area contributed by atoms with Crippen molar-refractivity contribution >= 4 is 11.6 Å². The molecule has 4 nitrogen and oxygen atoms in total. The number of rotatable bonds is 2. The first-order chi connectivity index (χ1) is 8.88. The van der Waals surface area contributed by atoms with Crippen molar-refractivity contribution in [2.45, 2.75) is 45.1 Å². The van der Waals surface area contributed by atoms with E-state index in [2.05, 4.69) is 31.4 Å².